The van der Waals surface area contributed by atoms with Crippen LogP contribution in [0.25, 0.3) is 0 Å². The molecule has 3 rings (SSSR count). The van der Waals surface area contributed by atoms with Crippen LogP contribution in [0.1, 0.15) is 34.1 Å². The molecule has 156 valence electrons. The Morgan fingerprint density at radius 1 is 1.07 bits per heavy atom. The van der Waals surface area contributed by atoms with Crippen LogP contribution < -0.4 is 5.32 Å². The molecule has 1 amide bonds. The first-order valence-electron chi connectivity index (χ1n) is 9.53. The first kappa shape index (κ1) is 21.6. The molecule has 0 spiro atoms. The lowest BCUT2D eigenvalue weighted by Gasteiger charge is -2.18. The van der Waals surface area contributed by atoms with Crippen molar-refractivity contribution in [2.24, 2.45) is 0 Å². The summed E-state index contributed by atoms with van der Waals surface area (Å²) in [4.78, 5) is 24.7. The summed E-state index contributed by atoms with van der Waals surface area (Å²) in [5.74, 6) is -0.217. The molecule has 2 aromatic carbocycles. The predicted octanol–water partition coefficient (Wildman–Crippen LogP) is 2.94. The number of methoxy groups -OCH3 is 1. The van der Waals surface area contributed by atoms with E-state index in [1.807, 2.05) is 66.9 Å². The first-order chi connectivity index (χ1) is 14.6. The minimum absolute atomic E-state index is 0.143. The summed E-state index contributed by atoms with van der Waals surface area (Å²) in [6.07, 6.45) is 4.02. The zero-order chi connectivity index (χ0) is 21.3. The van der Waals surface area contributed by atoms with Gasteiger partial charge in [0.25, 0.3) is 5.91 Å². The number of aromatic nitrogens is 3. The molecule has 0 aliphatic heterocycles. The van der Waals surface area contributed by atoms with Gasteiger partial charge < -0.3 is 10.1 Å². The quantitative estimate of drug-likeness (QED) is 0.532. The van der Waals surface area contributed by atoms with Gasteiger partial charge in [-0.1, -0.05) is 65.9 Å². The van der Waals surface area contributed by atoms with Crippen molar-refractivity contribution in [1.29, 1.82) is 0 Å². The fourth-order valence-electron chi connectivity index (χ4n) is 3.13. The molecule has 30 heavy (non-hydrogen) atoms. The molecule has 3 aromatic rings. The fraction of sp³-hybridized carbons (Fsp3) is 0.273. The maximum Gasteiger partial charge on any atom is 0.328 e. The van der Waals surface area contributed by atoms with Crippen LogP contribution in [0.3, 0.4) is 0 Å². The van der Waals surface area contributed by atoms with Crippen LogP contribution in [0, 0.1) is 0 Å². The van der Waals surface area contributed by atoms with Crippen molar-refractivity contribution in [1.82, 2.24) is 20.3 Å². The van der Waals surface area contributed by atoms with E-state index in [1.165, 1.54) is 7.11 Å². The average Bonchev–Trinajstić information content (AvgIpc) is 3.27. The Labute approximate surface area is 179 Å². The highest BCUT2D eigenvalue weighted by Crippen LogP contribution is 2.25. The smallest absolute Gasteiger partial charge is 0.328 e. The molecule has 0 unspecified atom stereocenters. The number of hydrogen-bond acceptors (Lipinski definition) is 6. The van der Waals surface area contributed by atoms with Crippen LogP contribution >= 0.6 is 11.8 Å². The Hall–Kier alpha value is -3.13. The van der Waals surface area contributed by atoms with Crippen LogP contribution in [0.15, 0.2) is 66.9 Å². The molecule has 0 bridgehead atoms. The standard InChI is InChI=1S/C22H24N4O3S/c1-29-22(28)18(13-14-30-2)23-21(27)19-15-26(25-24-19)20(16-9-5-3-6-10-16)17-11-7-4-8-12-17/h3-12,15,18,20H,13-14H2,1-2H3,(H,23,27)/t18-/m0/s1. The van der Waals surface area contributed by atoms with Crippen molar-refractivity contribution in [3.63, 3.8) is 0 Å². The van der Waals surface area contributed by atoms with Gasteiger partial charge >= 0.3 is 5.97 Å². The van der Waals surface area contributed by atoms with Gasteiger partial charge in [-0.3, -0.25) is 4.79 Å². The Morgan fingerprint density at radius 2 is 1.67 bits per heavy atom. The molecule has 0 aliphatic rings. The number of nitrogens with one attached hydrogen (secondary N) is 1. The number of benzene rings is 2. The fourth-order valence-corrected chi connectivity index (χ4v) is 3.61. The topological polar surface area (TPSA) is 86.1 Å². The van der Waals surface area contributed by atoms with E-state index in [2.05, 4.69) is 15.6 Å². The number of amides is 1. The molecule has 1 aromatic heterocycles. The molecule has 1 atom stereocenters. The van der Waals surface area contributed by atoms with E-state index in [-0.39, 0.29) is 11.7 Å². The van der Waals surface area contributed by atoms with Gasteiger partial charge in [0, 0.05) is 0 Å². The molecule has 0 radical (unpaired) electrons. The lowest BCUT2D eigenvalue weighted by atomic mass is 9.99. The van der Waals surface area contributed by atoms with Gasteiger partial charge in [0.05, 0.1) is 13.3 Å². The van der Waals surface area contributed by atoms with Crippen LogP contribution in [-0.4, -0.2) is 52.0 Å². The third-order valence-corrected chi connectivity index (χ3v) is 5.28. The normalized spacial score (nSPS) is 11.8. The van der Waals surface area contributed by atoms with Crippen molar-refractivity contribution < 1.29 is 14.3 Å². The largest absolute Gasteiger partial charge is 0.467 e. The van der Waals surface area contributed by atoms with Crippen molar-refractivity contribution in [3.05, 3.63) is 83.7 Å². The second-order valence-electron chi connectivity index (χ2n) is 6.64. The Kier molecular flexibility index (Phi) is 7.62. The van der Waals surface area contributed by atoms with Gasteiger partial charge in [-0.25, -0.2) is 9.48 Å². The summed E-state index contributed by atoms with van der Waals surface area (Å²) in [5.41, 5.74) is 2.19. The number of ether oxygens (including phenoxy) is 1. The monoisotopic (exact) mass is 424 g/mol. The highest BCUT2D eigenvalue weighted by molar-refractivity contribution is 7.98. The molecule has 0 aliphatic carbocycles. The zero-order valence-electron chi connectivity index (χ0n) is 16.9. The van der Waals surface area contributed by atoms with Crippen molar-refractivity contribution in [2.45, 2.75) is 18.5 Å². The highest BCUT2D eigenvalue weighted by atomic mass is 32.2. The lowest BCUT2D eigenvalue weighted by Crippen LogP contribution is -2.42. The van der Waals surface area contributed by atoms with Gasteiger partial charge in [0.15, 0.2) is 5.69 Å². The Bertz CT molecular complexity index is 923. The third-order valence-electron chi connectivity index (χ3n) is 4.64. The molecule has 1 N–H and O–H groups in total. The third kappa shape index (κ3) is 5.27. The van der Waals surface area contributed by atoms with E-state index in [0.717, 1.165) is 16.9 Å². The van der Waals surface area contributed by atoms with Crippen LogP contribution in [0.2, 0.25) is 0 Å². The van der Waals surface area contributed by atoms with Crippen molar-refractivity contribution >= 4 is 23.6 Å². The molecule has 0 saturated carbocycles. The maximum atomic E-state index is 12.7. The van der Waals surface area contributed by atoms with Gasteiger partial charge in [-0.05, 0) is 29.6 Å². The number of carbonyl (C=O) groups excluding carboxylic acids is 2. The SMILES string of the molecule is COC(=O)[C@H](CCSC)NC(=O)c1cn(C(c2ccccc2)c2ccccc2)nn1. The first-order valence-corrected chi connectivity index (χ1v) is 10.9. The molecular formula is C22H24N4O3S. The number of hydrogen-bond donors (Lipinski definition) is 1. The number of rotatable bonds is 9. The van der Waals surface area contributed by atoms with Gasteiger partial charge in [-0.15, -0.1) is 5.10 Å². The zero-order valence-corrected chi connectivity index (χ0v) is 17.7. The van der Waals surface area contributed by atoms with E-state index in [1.54, 1.807) is 22.6 Å². The highest BCUT2D eigenvalue weighted by Gasteiger charge is 2.24. The minimum atomic E-state index is -0.723. The number of nitrogens with zero attached hydrogens (tertiary/aromatic N) is 3. The molecule has 7 nitrogen and oxygen atoms in total. The average molecular weight is 425 g/mol. The predicted molar refractivity (Wildman–Crippen MR) is 116 cm³/mol. The van der Waals surface area contributed by atoms with Crippen molar-refractivity contribution in [3.8, 4) is 0 Å². The molecule has 0 saturated heterocycles. The number of thioether (sulfide) groups is 1. The van der Waals surface area contributed by atoms with Gasteiger partial charge in [0.2, 0.25) is 0 Å². The second-order valence-corrected chi connectivity index (χ2v) is 7.62. The molecule has 8 heteroatoms. The molecule has 0 fully saturated rings. The molecule has 1 heterocycles. The number of carbonyl (C=O) groups is 2. The van der Waals surface area contributed by atoms with Crippen LogP contribution in [0.5, 0.6) is 0 Å². The number of esters is 1. The summed E-state index contributed by atoms with van der Waals surface area (Å²) in [7, 11) is 1.31. The van der Waals surface area contributed by atoms with Crippen LogP contribution in [0.4, 0.5) is 0 Å². The Morgan fingerprint density at radius 3 is 2.20 bits per heavy atom. The summed E-state index contributed by atoms with van der Waals surface area (Å²) in [5, 5.41) is 11.0. The van der Waals surface area contributed by atoms with E-state index in [4.69, 9.17) is 4.74 Å². The summed E-state index contributed by atoms with van der Waals surface area (Å²) >= 11 is 1.59. The van der Waals surface area contributed by atoms with E-state index in [0.29, 0.717) is 6.42 Å². The van der Waals surface area contributed by atoms with Gasteiger partial charge in [0.1, 0.15) is 12.1 Å². The summed E-state index contributed by atoms with van der Waals surface area (Å²) in [6.45, 7) is 0. The second kappa shape index (κ2) is 10.6. The van der Waals surface area contributed by atoms with E-state index in [9.17, 15) is 9.59 Å². The van der Waals surface area contributed by atoms with Crippen LogP contribution in [-0.2, 0) is 9.53 Å². The maximum absolute atomic E-state index is 12.7. The Balaban J connectivity index is 1.85. The summed E-state index contributed by atoms with van der Waals surface area (Å²) < 4.78 is 6.46. The lowest BCUT2D eigenvalue weighted by molar-refractivity contribution is -0.142. The summed E-state index contributed by atoms with van der Waals surface area (Å²) in [6, 6.07) is 18.8. The van der Waals surface area contributed by atoms with Crippen molar-refractivity contribution in [2.75, 3.05) is 19.1 Å². The van der Waals surface area contributed by atoms with E-state index >= 15 is 0 Å². The van der Waals surface area contributed by atoms with E-state index < -0.39 is 17.9 Å². The van der Waals surface area contributed by atoms with Gasteiger partial charge in [-0.2, -0.15) is 11.8 Å². The minimum Gasteiger partial charge on any atom is -0.467 e. The molecular weight excluding hydrogens is 400 g/mol.